The van der Waals surface area contributed by atoms with Crippen LogP contribution in [-0.4, -0.2) is 18.9 Å². The molecule has 3 aromatic rings. The number of rotatable bonds is 4. The number of primary sulfonamides is 1. The van der Waals surface area contributed by atoms with Crippen LogP contribution in [0.3, 0.4) is 0 Å². The molecule has 0 radical (unpaired) electrons. The number of hydrogen-bond donors (Lipinski definition) is 2. The van der Waals surface area contributed by atoms with E-state index in [0.717, 1.165) is 22.8 Å². The maximum atomic E-state index is 13.5. The van der Waals surface area contributed by atoms with E-state index in [1.807, 2.05) is 0 Å². The van der Waals surface area contributed by atoms with Crippen LogP contribution in [0.5, 0.6) is 0 Å². The zero-order chi connectivity index (χ0) is 26.5. The summed E-state index contributed by atoms with van der Waals surface area (Å²) in [6, 6.07) is 5.05. The number of amides is 1. The highest BCUT2D eigenvalue weighted by Gasteiger charge is 2.37. The number of nitrogens with zero attached hydrogens (tertiary/aromatic N) is 1. The highest BCUT2D eigenvalue weighted by molar-refractivity contribution is 7.89. The molecule has 0 spiro atoms. The van der Waals surface area contributed by atoms with Crippen molar-refractivity contribution in [3.8, 4) is 5.69 Å². The molecule has 14 heteroatoms. The van der Waals surface area contributed by atoms with Gasteiger partial charge in [-0.3, -0.25) is 4.79 Å². The minimum atomic E-state index is -5.12. The molecule has 0 aliphatic rings. The quantitative estimate of drug-likeness (QED) is 0.462. The molecule has 0 aliphatic heterocycles. The van der Waals surface area contributed by atoms with E-state index in [0.29, 0.717) is 18.2 Å². The maximum absolute atomic E-state index is 13.5. The Bertz CT molecular complexity index is 1430. The lowest BCUT2D eigenvalue weighted by atomic mass is 10.1. The number of benzene rings is 2. The molecule has 35 heavy (non-hydrogen) atoms. The second kappa shape index (κ2) is 8.68. The minimum absolute atomic E-state index is 0.00527. The van der Waals surface area contributed by atoms with E-state index >= 15 is 0 Å². The molecular weight excluding hydrogens is 507 g/mol. The maximum Gasteiger partial charge on any atom is 0.418 e. The van der Waals surface area contributed by atoms with E-state index in [-0.39, 0.29) is 17.0 Å². The molecule has 0 saturated heterocycles. The topological polar surface area (TPSA) is 94.2 Å². The summed E-state index contributed by atoms with van der Waals surface area (Å²) in [6.45, 7) is 2.69. The third kappa shape index (κ3) is 5.32. The average Bonchev–Trinajstić information content (AvgIpc) is 3.00. The van der Waals surface area contributed by atoms with Gasteiger partial charge in [0.2, 0.25) is 10.0 Å². The van der Waals surface area contributed by atoms with Crippen LogP contribution in [0.15, 0.2) is 47.4 Å². The molecule has 3 N–H and O–H groups in total. The molecular formula is C21H16F7N3O3S. The summed E-state index contributed by atoms with van der Waals surface area (Å²) >= 11 is 0. The van der Waals surface area contributed by atoms with Crippen molar-refractivity contribution in [2.75, 3.05) is 5.32 Å². The summed E-state index contributed by atoms with van der Waals surface area (Å²) in [7, 11) is -4.73. The van der Waals surface area contributed by atoms with Gasteiger partial charge in [-0.15, -0.1) is 0 Å². The van der Waals surface area contributed by atoms with E-state index in [9.17, 15) is 43.9 Å². The fraction of sp³-hybridized carbons (Fsp3) is 0.190. The van der Waals surface area contributed by atoms with Crippen molar-refractivity contribution in [3.63, 3.8) is 0 Å². The number of aromatic nitrogens is 1. The molecule has 0 atom stereocenters. The van der Waals surface area contributed by atoms with Crippen LogP contribution in [-0.2, 0) is 22.4 Å². The van der Waals surface area contributed by atoms with Crippen LogP contribution in [0.25, 0.3) is 5.69 Å². The van der Waals surface area contributed by atoms with Gasteiger partial charge < -0.3 is 9.88 Å². The highest BCUT2D eigenvalue weighted by atomic mass is 32.2. The van der Waals surface area contributed by atoms with Gasteiger partial charge in [0.1, 0.15) is 5.82 Å². The van der Waals surface area contributed by atoms with E-state index in [1.54, 1.807) is 0 Å². The molecule has 6 nitrogen and oxygen atoms in total. The van der Waals surface area contributed by atoms with Crippen molar-refractivity contribution in [2.45, 2.75) is 31.1 Å². The monoisotopic (exact) mass is 523 g/mol. The molecule has 0 aliphatic carbocycles. The van der Waals surface area contributed by atoms with Crippen molar-refractivity contribution < 1.29 is 43.9 Å². The minimum Gasteiger partial charge on any atom is -0.322 e. The number of nitrogens with one attached hydrogen (secondary N) is 1. The van der Waals surface area contributed by atoms with Gasteiger partial charge in [0.15, 0.2) is 0 Å². The molecule has 0 fully saturated rings. The largest absolute Gasteiger partial charge is 0.418 e. The van der Waals surface area contributed by atoms with E-state index in [1.165, 1.54) is 19.9 Å². The Hall–Kier alpha value is -3.39. The van der Waals surface area contributed by atoms with E-state index in [2.05, 4.69) is 5.32 Å². The molecule has 3 rings (SSSR count). The Labute approximate surface area is 194 Å². The molecule has 0 unspecified atom stereocenters. The van der Waals surface area contributed by atoms with E-state index < -0.39 is 61.5 Å². The van der Waals surface area contributed by atoms with Crippen LogP contribution in [0, 0.1) is 19.7 Å². The lowest BCUT2D eigenvalue weighted by molar-refractivity contribution is -0.140. The molecule has 1 aromatic heterocycles. The van der Waals surface area contributed by atoms with Gasteiger partial charge in [-0.05, 0) is 56.3 Å². The normalized spacial score (nSPS) is 12.6. The first kappa shape index (κ1) is 26.2. The Morgan fingerprint density at radius 3 is 2.06 bits per heavy atom. The van der Waals surface area contributed by atoms with Crippen molar-refractivity contribution in [2.24, 2.45) is 5.14 Å². The summed E-state index contributed by atoms with van der Waals surface area (Å²) in [5, 5.41) is 6.99. The summed E-state index contributed by atoms with van der Waals surface area (Å²) in [6.07, 6.45) is -10.0. The standard InChI is InChI=1S/C21H16F7N3O3S/c1-10-7-14(11(2)31(10)17-5-3-12(22)8-15(17)20(23,24)25)19(32)30-13-4-6-18(35(29,33)34)16(9-13)21(26,27)28/h3-9H,1-2H3,(H,30,32)(H2,29,33,34). The third-order valence-corrected chi connectivity index (χ3v) is 6.00. The van der Waals surface area contributed by atoms with Crippen LogP contribution in [0.1, 0.15) is 32.9 Å². The van der Waals surface area contributed by atoms with Crippen LogP contribution in [0.4, 0.5) is 36.4 Å². The van der Waals surface area contributed by atoms with Crippen LogP contribution >= 0.6 is 0 Å². The Balaban J connectivity index is 2.05. The molecule has 0 bridgehead atoms. The highest BCUT2D eigenvalue weighted by Crippen LogP contribution is 2.37. The van der Waals surface area contributed by atoms with Crippen LogP contribution < -0.4 is 10.5 Å². The molecule has 1 amide bonds. The van der Waals surface area contributed by atoms with Gasteiger partial charge in [0.25, 0.3) is 5.91 Å². The van der Waals surface area contributed by atoms with Crippen molar-refractivity contribution in [1.82, 2.24) is 4.57 Å². The van der Waals surface area contributed by atoms with Gasteiger partial charge in [0, 0.05) is 17.1 Å². The third-order valence-electron chi connectivity index (χ3n) is 5.03. The van der Waals surface area contributed by atoms with Crippen molar-refractivity contribution in [1.29, 1.82) is 0 Å². The molecule has 1 heterocycles. The van der Waals surface area contributed by atoms with Gasteiger partial charge in [-0.1, -0.05) is 0 Å². The smallest absolute Gasteiger partial charge is 0.322 e. The second-order valence-electron chi connectivity index (χ2n) is 7.49. The first-order chi connectivity index (χ1) is 15.9. The van der Waals surface area contributed by atoms with Gasteiger partial charge in [0.05, 0.1) is 27.3 Å². The predicted molar refractivity (Wildman–Crippen MR) is 111 cm³/mol. The van der Waals surface area contributed by atoms with Crippen LogP contribution in [0.2, 0.25) is 0 Å². The Morgan fingerprint density at radius 2 is 1.51 bits per heavy atom. The Kier molecular flexibility index (Phi) is 6.50. The van der Waals surface area contributed by atoms with E-state index in [4.69, 9.17) is 5.14 Å². The van der Waals surface area contributed by atoms with Gasteiger partial charge >= 0.3 is 12.4 Å². The lowest BCUT2D eigenvalue weighted by Gasteiger charge is -2.17. The number of sulfonamides is 1. The Morgan fingerprint density at radius 1 is 0.914 bits per heavy atom. The number of carbonyl (C=O) groups excluding carboxylic acids is 1. The first-order valence-electron chi connectivity index (χ1n) is 9.52. The number of anilines is 1. The van der Waals surface area contributed by atoms with Crippen molar-refractivity contribution >= 4 is 21.6 Å². The number of aryl methyl sites for hydroxylation is 1. The molecule has 2 aromatic carbocycles. The fourth-order valence-corrected chi connectivity index (χ4v) is 4.31. The summed E-state index contributed by atoms with van der Waals surface area (Å²) in [5.41, 5.74) is -3.81. The number of carbonyl (C=O) groups is 1. The summed E-state index contributed by atoms with van der Waals surface area (Å²) in [4.78, 5) is 11.6. The average molecular weight is 523 g/mol. The second-order valence-corrected chi connectivity index (χ2v) is 9.02. The zero-order valence-corrected chi connectivity index (χ0v) is 18.7. The predicted octanol–water partition coefficient (Wildman–Crippen LogP) is 5.17. The van der Waals surface area contributed by atoms with Crippen molar-refractivity contribution in [3.05, 3.63) is 76.4 Å². The molecule has 188 valence electrons. The fourth-order valence-electron chi connectivity index (χ4n) is 3.57. The summed E-state index contributed by atoms with van der Waals surface area (Å²) < 4.78 is 118. The van der Waals surface area contributed by atoms with Gasteiger partial charge in [-0.2, -0.15) is 26.3 Å². The number of nitrogens with two attached hydrogens (primary N) is 1. The lowest BCUT2D eigenvalue weighted by Crippen LogP contribution is -2.20. The van der Waals surface area contributed by atoms with Gasteiger partial charge in [-0.25, -0.2) is 17.9 Å². The number of hydrogen-bond acceptors (Lipinski definition) is 3. The summed E-state index contributed by atoms with van der Waals surface area (Å²) in [5.74, 6) is -2.10. The SMILES string of the molecule is Cc1cc(C(=O)Nc2ccc(S(N)(=O)=O)c(C(F)(F)F)c2)c(C)n1-c1ccc(F)cc1C(F)(F)F. The number of halogens is 7. The molecule has 0 saturated carbocycles. The first-order valence-corrected chi connectivity index (χ1v) is 11.1. The number of alkyl halides is 6. The zero-order valence-electron chi connectivity index (χ0n) is 17.8.